The molecule has 0 bridgehead atoms. The van der Waals surface area contributed by atoms with Gasteiger partial charge >= 0.3 is 0 Å². The van der Waals surface area contributed by atoms with Gasteiger partial charge in [0.15, 0.2) is 0 Å². The molecular weight excluding hydrogens is 283 g/mol. The van der Waals surface area contributed by atoms with E-state index in [4.69, 9.17) is 28.9 Å². The van der Waals surface area contributed by atoms with Crippen molar-refractivity contribution in [2.24, 2.45) is 22.6 Å². The molecule has 2 aliphatic carbocycles. The SMILES string of the molecule is NC1=NC2CC(Cl)CC(Cl)C2C1(O)C1CCCCC1. The second-order valence-corrected chi connectivity index (χ2v) is 7.53. The number of nitrogens with two attached hydrogens (primary N) is 1. The van der Waals surface area contributed by atoms with Crippen molar-refractivity contribution in [2.75, 3.05) is 0 Å². The van der Waals surface area contributed by atoms with E-state index in [0.29, 0.717) is 5.84 Å². The van der Waals surface area contributed by atoms with Crippen LogP contribution in [-0.4, -0.2) is 33.3 Å². The first-order valence-electron chi connectivity index (χ1n) is 7.37. The zero-order chi connectivity index (χ0) is 13.6. The van der Waals surface area contributed by atoms with Gasteiger partial charge in [0.2, 0.25) is 0 Å². The van der Waals surface area contributed by atoms with Gasteiger partial charge in [0, 0.05) is 16.7 Å². The first-order valence-corrected chi connectivity index (χ1v) is 8.25. The predicted octanol–water partition coefficient (Wildman–Crippen LogP) is 2.66. The van der Waals surface area contributed by atoms with Crippen LogP contribution in [0, 0.1) is 11.8 Å². The molecule has 5 atom stereocenters. The van der Waals surface area contributed by atoms with Crippen LogP contribution < -0.4 is 5.73 Å². The summed E-state index contributed by atoms with van der Waals surface area (Å²) in [5, 5.41) is 11.2. The number of rotatable bonds is 1. The fourth-order valence-corrected chi connectivity index (χ4v) is 5.36. The van der Waals surface area contributed by atoms with Gasteiger partial charge in [0.25, 0.3) is 0 Å². The molecule has 1 heterocycles. The van der Waals surface area contributed by atoms with E-state index >= 15 is 0 Å². The number of hydrogen-bond acceptors (Lipinski definition) is 3. The van der Waals surface area contributed by atoms with Crippen LogP contribution in [0.1, 0.15) is 44.9 Å². The van der Waals surface area contributed by atoms with Gasteiger partial charge in [-0.2, -0.15) is 0 Å². The summed E-state index contributed by atoms with van der Waals surface area (Å²) in [4.78, 5) is 4.52. The van der Waals surface area contributed by atoms with Gasteiger partial charge in [-0.15, -0.1) is 23.2 Å². The maximum absolute atomic E-state index is 11.3. The Bertz CT molecular complexity index is 384. The minimum Gasteiger partial charge on any atom is -0.385 e. The monoisotopic (exact) mass is 304 g/mol. The fourth-order valence-electron chi connectivity index (χ4n) is 4.32. The van der Waals surface area contributed by atoms with Crippen LogP contribution in [-0.2, 0) is 0 Å². The Morgan fingerprint density at radius 3 is 2.53 bits per heavy atom. The van der Waals surface area contributed by atoms with Crippen molar-refractivity contribution >= 4 is 29.0 Å². The molecule has 3 N–H and O–H groups in total. The molecule has 0 spiro atoms. The van der Waals surface area contributed by atoms with Crippen molar-refractivity contribution in [3.8, 4) is 0 Å². The van der Waals surface area contributed by atoms with Gasteiger partial charge < -0.3 is 10.8 Å². The average molecular weight is 305 g/mol. The van der Waals surface area contributed by atoms with Crippen molar-refractivity contribution < 1.29 is 5.11 Å². The fraction of sp³-hybridized carbons (Fsp3) is 0.929. The highest BCUT2D eigenvalue weighted by Gasteiger charge is 2.58. The number of halogens is 2. The molecular formula is C14H22Cl2N2O. The molecule has 0 radical (unpaired) electrons. The van der Waals surface area contributed by atoms with E-state index in [1.165, 1.54) is 19.3 Å². The number of alkyl halides is 2. The molecule has 19 heavy (non-hydrogen) atoms. The summed E-state index contributed by atoms with van der Waals surface area (Å²) >= 11 is 12.7. The van der Waals surface area contributed by atoms with Crippen LogP contribution in [0.25, 0.3) is 0 Å². The van der Waals surface area contributed by atoms with Crippen LogP contribution >= 0.6 is 23.2 Å². The molecule has 0 aromatic heterocycles. The standard InChI is InChI=1S/C14H22Cl2N2O/c15-9-6-10(16)12-11(7-9)18-13(17)14(12,19)8-4-2-1-3-5-8/h8-12,19H,1-7H2,(H2,17,18). The Morgan fingerprint density at radius 2 is 1.84 bits per heavy atom. The Hall–Kier alpha value is 0.01000. The minimum absolute atomic E-state index is 0.00526. The number of fused-ring (bicyclic) bond motifs is 1. The highest BCUT2D eigenvalue weighted by atomic mass is 35.5. The van der Waals surface area contributed by atoms with Crippen molar-refractivity contribution in [2.45, 2.75) is 67.3 Å². The van der Waals surface area contributed by atoms with Crippen LogP contribution in [0.3, 0.4) is 0 Å². The van der Waals surface area contributed by atoms with Gasteiger partial charge in [0.05, 0.1) is 6.04 Å². The van der Waals surface area contributed by atoms with E-state index in [9.17, 15) is 5.11 Å². The van der Waals surface area contributed by atoms with Crippen molar-refractivity contribution in [1.29, 1.82) is 0 Å². The van der Waals surface area contributed by atoms with Crippen molar-refractivity contribution in [1.82, 2.24) is 0 Å². The molecule has 0 amide bonds. The number of aliphatic imine (C=N–C) groups is 1. The largest absolute Gasteiger partial charge is 0.385 e. The Labute approximate surface area is 124 Å². The molecule has 0 saturated heterocycles. The highest BCUT2D eigenvalue weighted by molar-refractivity contribution is 6.24. The average Bonchev–Trinajstić information content (AvgIpc) is 2.63. The quantitative estimate of drug-likeness (QED) is 0.732. The lowest BCUT2D eigenvalue weighted by Crippen LogP contribution is -2.58. The van der Waals surface area contributed by atoms with Gasteiger partial charge in [-0.1, -0.05) is 19.3 Å². The lowest BCUT2D eigenvalue weighted by molar-refractivity contribution is -0.0274. The first kappa shape index (κ1) is 14.0. The van der Waals surface area contributed by atoms with Crippen LogP contribution in [0.15, 0.2) is 4.99 Å². The molecule has 0 aromatic carbocycles. The first-order chi connectivity index (χ1) is 9.03. The third-order valence-electron chi connectivity index (χ3n) is 5.23. The van der Waals surface area contributed by atoms with Crippen LogP contribution in [0.2, 0.25) is 0 Å². The molecule has 3 aliphatic rings. The molecule has 0 aromatic rings. The van der Waals surface area contributed by atoms with E-state index < -0.39 is 5.60 Å². The highest BCUT2D eigenvalue weighted by Crippen LogP contribution is 2.49. The molecule has 5 heteroatoms. The zero-order valence-corrected chi connectivity index (χ0v) is 12.6. The number of hydrogen-bond donors (Lipinski definition) is 2. The number of nitrogens with zero attached hydrogens (tertiary/aromatic N) is 1. The van der Waals surface area contributed by atoms with E-state index in [-0.39, 0.29) is 28.6 Å². The second-order valence-electron chi connectivity index (χ2n) is 6.35. The van der Waals surface area contributed by atoms with E-state index in [1.807, 2.05) is 0 Å². The summed E-state index contributed by atoms with van der Waals surface area (Å²) < 4.78 is 0. The maximum Gasteiger partial charge on any atom is 0.130 e. The second kappa shape index (κ2) is 5.09. The summed E-state index contributed by atoms with van der Waals surface area (Å²) in [6.07, 6.45) is 7.18. The van der Waals surface area contributed by atoms with Gasteiger partial charge in [-0.25, -0.2) is 0 Å². The summed E-state index contributed by atoms with van der Waals surface area (Å²) in [5.74, 6) is 0.575. The van der Waals surface area contributed by atoms with Crippen molar-refractivity contribution in [3.05, 3.63) is 0 Å². The molecule has 108 valence electrons. The van der Waals surface area contributed by atoms with E-state index in [0.717, 1.165) is 25.7 Å². The lowest BCUT2D eigenvalue weighted by atomic mass is 9.66. The van der Waals surface area contributed by atoms with Crippen LogP contribution in [0.5, 0.6) is 0 Å². The molecule has 3 rings (SSSR count). The summed E-state index contributed by atoms with van der Waals surface area (Å²) in [5.41, 5.74) is 5.12. The smallest absolute Gasteiger partial charge is 0.130 e. The van der Waals surface area contributed by atoms with Gasteiger partial charge in [0.1, 0.15) is 11.4 Å². The molecule has 2 saturated carbocycles. The zero-order valence-electron chi connectivity index (χ0n) is 11.1. The molecule has 1 aliphatic heterocycles. The normalized spacial score (nSPS) is 47.8. The Balaban J connectivity index is 1.89. The topological polar surface area (TPSA) is 58.6 Å². The summed E-state index contributed by atoms with van der Waals surface area (Å²) in [6, 6.07) is 0.00526. The number of aliphatic hydroxyl groups is 1. The lowest BCUT2D eigenvalue weighted by Gasteiger charge is -2.44. The summed E-state index contributed by atoms with van der Waals surface area (Å²) in [7, 11) is 0. The summed E-state index contributed by atoms with van der Waals surface area (Å²) in [6.45, 7) is 0. The Morgan fingerprint density at radius 1 is 1.16 bits per heavy atom. The maximum atomic E-state index is 11.3. The van der Waals surface area contributed by atoms with E-state index in [2.05, 4.69) is 4.99 Å². The molecule has 5 unspecified atom stereocenters. The molecule has 3 nitrogen and oxygen atoms in total. The third kappa shape index (κ3) is 2.18. The van der Waals surface area contributed by atoms with Gasteiger partial charge in [-0.3, -0.25) is 4.99 Å². The number of amidine groups is 1. The van der Waals surface area contributed by atoms with Crippen LogP contribution in [0.4, 0.5) is 0 Å². The van der Waals surface area contributed by atoms with Gasteiger partial charge in [-0.05, 0) is 31.6 Å². The van der Waals surface area contributed by atoms with Crippen molar-refractivity contribution in [3.63, 3.8) is 0 Å². The third-order valence-corrected chi connectivity index (χ3v) is 6.04. The van der Waals surface area contributed by atoms with E-state index in [1.54, 1.807) is 0 Å². The minimum atomic E-state index is -0.992. The predicted molar refractivity (Wildman–Crippen MR) is 78.9 cm³/mol. The molecule has 2 fully saturated rings. The Kier molecular flexibility index (Phi) is 3.74.